The number of fused-ring (bicyclic) bond motifs is 1. The van der Waals surface area contributed by atoms with Crippen LogP contribution in [0, 0.1) is 11.2 Å². The van der Waals surface area contributed by atoms with Crippen molar-refractivity contribution >= 4 is 11.5 Å². The van der Waals surface area contributed by atoms with Gasteiger partial charge in [0.2, 0.25) is 0 Å². The maximum Gasteiger partial charge on any atom is 0.331 e. The highest BCUT2D eigenvalue weighted by Gasteiger charge is 2.31. The van der Waals surface area contributed by atoms with Gasteiger partial charge in [-0.1, -0.05) is 32.9 Å². The van der Waals surface area contributed by atoms with E-state index in [-0.39, 0.29) is 11.2 Å². The number of rotatable bonds is 1. The van der Waals surface area contributed by atoms with E-state index in [2.05, 4.69) is 0 Å². The highest BCUT2D eigenvalue weighted by atomic mass is 19.1. The molecule has 0 heterocycles. The lowest BCUT2D eigenvalue weighted by atomic mass is 9.73. The van der Waals surface area contributed by atoms with Gasteiger partial charge in [-0.15, -0.1) is 0 Å². The third kappa shape index (κ3) is 2.05. The highest BCUT2D eigenvalue weighted by molar-refractivity contribution is 5.98. The zero-order chi connectivity index (χ0) is 13.5. The molecule has 0 spiro atoms. The normalized spacial score (nSPS) is 15.6. The van der Waals surface area contributed by atoms with Crippen LogP contribution in [0.5, 0.6) is 0 Å². The Morgan fingerprint density at radius 3 is 2.50 bits per heavy atom. The summed E-state index contributed by atoms with van der Waals surface area (Å²) in [4.78, 5) is 11.4. The van der Waals surface area contributed by atoms with Gasteiger partial charge in [-0.3, -0.25) is 0 Å². The summed E-state index contributed by atoms with van der Waals surface area (Å²) in [5, 5.41) is 9.32. The molecule has 1 aliphatic carbocycles. The molecule has 0 fully saturated rings. The van der Waals surface area contributed by atoms with Crippen LogP contribution in [-0.2, 0) is 11.2 Å². The van der Waals surface area contributed by atoms with Crippen LogP contribution in [0.25, 0.3) is 5.57 Å². The molecule has 0 bridgehead atoms. The van der Waals surface area contributed by atoms with E-state index in [9.17, 15) is 14.3 Å². The quantitative estimate of drug-likeness (QED) is 0.823. The molecule has 1 aromatic rings. The van der Waals surface area contributed by atoms with Gasteiger partial charge in [0.25, 0.3) is 0 Å². The lowest BCUT2D eigenvalue weighted by Crippen LogP contribution is -2.21. The molecule has 0 radical (unpaired) electrons. The van der Waals surface area contributed by atoms with Gasteiger partial charge in [-0.05, 0) is 41.0 Å². The van der Waals surface area contributed by atoms with Gasteiger partial charge in [0.15, 0.2) is 0 Å². The van der Waals surface area contributed by atoms with Crippen molar-refractivity contribution in [3.8, 4) is 0 Å². The molecular formula is C15H17FO2. The summed E-state index contributed by atoms with van der Waals surface area (Å²) in [5.41, 5.74) is 2.27. The maximum atomic E-state index is 13.8. The molecule has 1 aromatic carbocycles. The summed E-state index contributed by atoms with van der Waals surface area (Å²) in [6.07, 6.45) is 0.860. The first-order chi connectivity index (χ1) is 8.32. The van der Waals surface area contributed by atoms with Crippen molar-refractivity contribution < 1.29 is 14.3 Å². The number of hydrogen-bond acceptors (Lipinski definition) is 1. The van der Waals surface area contributed by atoms with Gasteiger partial charge in [0, 0.05) is 5.57 Å². The molecule has 2 nitrogen and oxygen atoms in total. The Hall–Kier alpha value is -1.64. The summed E-state index contributed by atoms with van der Waals surface area (Å²) in [7, 11) is 0. The molecule has 0 aromatic heterocycles. The average molecular weight is 248 g/mol. The summed E-state index contributed by atoms with van der Waals surface area (Å²) in [6.45, 7) is 5.89. The van der Waals surface area contributed by atoms with Gasteiger partial charge in [-0.25, -0.2) is 9.18 Å². The minimum Gasteiger partial charge on any atom is -0.478 e. The number of aliphatic carboxylic acids is 1. The van der Waals surface area contributed by atoms with Crippen molar-refractivity contribution in [2.75, 3.05) is 0 Å². The van der Waals surface area contributed by atoms with Crippen LogP contribution in [0.4, 0.5) is 4.39 Å². The van der Waals surface area contributed by atoms with Crippen LogP contribution < -0.4 is 0 Å². The Balaban J connectivity index is 2.74. The number of allylic oxidation sites excluding steroid dienone is 1. The van der Waals surface area contributed by atoms with Crippen molar-refractivity contribution in [1.82, 2.24) is 0 Å². The molecule has 0 atom stereocenters. The van der Waals surface area contributed by atoms with Gasteiger partial charge in [0.05, 0.1) is 0 Å². The Kier molecular flexibility index (Phi) is 3.01. The minimum atomic E-state index is -0.894. The second kappa shape index (κ2) is 4.23. The number of carboxylic acids is 1. The number of carboxylic acid groups (broad SMARTS) is 1. The molecule has 1 aliphatic rings. The SMILES string of the molecule is CC(C)(C)C1=C(C(=O)O)CCc2c(F)cccc21. The maximum absolute atomic E-state index is 13.8. The van der Waals surface area contributed by atoms with E-state index < -0.39 is 5.97 Å². The second-order valence-electron chi connectivity index (χ2n) is 5.67. The Labute approximate surface area is 106 Å². The third-order valence-corrected chi connectivity index (χ3v) is 3.32. The van der Waals surface area contributed by atoms with Crippen LogP contribution in [0.15, 0.2) is 23.8 Å². The molecule has 0 aliphatic heterocycles. The molecule has 0 saturated heterocycles. The molecule has 0 unspecified atom stereocenters. The first kappa shape index (κ1) is 12.8. The van der Waals surface area contributed by atoms with Crippen LogP contribution in [0.1, 0.15) is 38.3 Å². The van der Waals surface area contributed by atoms with E-state index in [1.54, 1.807) is 6.07 Å². The summed E-state index contributed by atoms with van der Waals surface area (Å²) >= 11 is 0. The molecule has 1 N–H and O–H groups in total. The van der Waals surface area contributed by atoms with Gasteiger partial charge in [0.1, 0.15) is 5.82 Å². The van der Waals surface area contributed by atoms with Crippen molar-refractivity contribution in [3.05, 3.63) is 40.7 Å². The fourth-order valence-electron chi connectivity index (χ4n) is 2.66. The Bertz CT molecular complexity index is 536. The Morgan fingerprint density at radius 2 is 1.94 bits per heavy atom. The molecule has 3 heteroatoms. The summed E-state index contributed by atoms with van der Waals surface area (Å²) < 4.78 is 13.8. The van der Waals surface area contributed by atoms with Crippen LogP contribution in [-0.4, -0.2) is 11.1 Å². The second-order valence-corrected chi connectivity index (χ2v) is 5.67. The predicted molar refractivity (Wildman–Crippen MR) is 68.7 cm³/mol. The van der Waals surface area contributed by atoms with E-state index >= 15 is 0 Å². The van der Waals surface area contributed by atoms with Crippen molar-refractivity contribution in [2.45, 2.75) is 33.6 Å². The fourth-order valence-corrected chi connectivity index (χ4v) is 2.66. The number of hydrogen-bond donors (Lipinski definition) is 1. The van der Waals surface area contributed by atoms with E-state index in [0.29, 0.717) is 24.0 Å². The lowest BCUT2D eigenvalue weighted by Gasteiger charge is -2.31. The number of benzene rings is 1. The van der Waals surface area contributed by atoms with Crippen LogP contribution in [0.2, 0.25) is 0 Å². The van der Waals surface area contributed by atoms with Gasteiger partial charge < -0.3 is 5.11 Å². The molecule has 2 rings (SSSR count). The predicted octanol–water partition coefficient (Wildman–Crippen LogP) is 3.66. The molecule has 0 amide bonds. The Morgan fingerprint density at radius 1 is 1.28 bits per heavy atom. The van der Waals surface area contributed by atoms with E-state index in [1.165, 1.54) is 6.07 Å². The van der Waals surface area contributed by atoms with Crippen molar-refractivity contribution in [3.63, 3.8) is 0 Å². The minimum absolute atomic E-state index is 0.237. The third-order valence-electron chi connectivity index (χ3n) is 3.32. The molecule has 96 valence electrons. The topological polar surface area (TPSA) is 37.3 Å². The summed E-state index contributed by atoms with van der Waals surface area (Å²) in [6, 6.07) is 4.90. The van der Waals surface area contributed by atoms with Crippen LogP contribution >= 0.6 is 0 Å². The zero-order valence-electron chi connectivity index (χ0n) is 10.9. The monoisotopic (exact) mass is 248 g/mol. The van der Waals surface area contributed by atoms with Crippen molar-refractivity contribution in [2.24, 2.45) is 5.41 Å². The average Bonchev–Trinajstić information content (AvgIpc) is 2.26. The van der Waals surface area contributed by atoms with Crippen molar-refractivity contribution in [1.29, 1.82) is 0 Å². The first-order valence-corrected chi connectivity index (χ1v) is 6.07. The van der Waals surface area contributed by atoms with Gasteiger partial charge >= 0.3 is 5.97 Å². The van der Waals surface area contributed by atoms with E-state index in [4.69, 9.17) is 0 Å². The molecular weight excluding hydrogens is 231 g/mol. The fraction of sp³-hybridized carbons (Fsp3) is 0.400. The molecule has 18 heavy (non-hydrogen) atoms. The smallest absolute Gasteiger partial charge is 0.331 e. The highest BCUT2D eigenvalue weighted by Crippen LogP contribution is 2.43. The van der Waals surface area contributed by atoms with E-state index in [1.807, 2.05) is 26.8 Å². The number of carbonyl (C=O) groups is 1. The van der Waals surface area contributed by atoms with Crippen LogP contribution in [0.3, 0.4) is 0 Å². The largest absolute Gasteiger partial charge is 0.478 e. The molecule has 0 saturated carbocycles. The van der Waals surface area contributed by atoms with Gasteiger partial charge in [-0.2, -0.15) is 0 Å². The standard InChI is InChI=1S/C15H17FO2/c1-15(2,3)13-10-5-4-6-12(16)9(10)7-8-11(13)14(17)18/h4-6H,7-8H2,1-3H3,(H,17,18). The summed E-state index contributed by atoms with van der Waals surface area (Å²) in [5.74, 6) is -1.13. The first-order valence-electron chi connectivity index (χ1n) is 6.07. The number of halogens is 1. The van der Waals surface area contributed by atoms with E-state index in [0.717, 1.165) is 11.1 Å². The lowest BCUT2D eigenvalue weighted by molar-refractivity contribution is -0.132. The zero-order valence-corrected chi connectivity index (χ0v) is 10.9.